The van der Waals surface area contributed by atoms with Crippen molar-refractivity contribution in [1.29, 1.82) is 0 Å². The van der Waals surface area contributed by atoms with Gasteiger partial charge in [-0.25, -0.2) is 0 Å². The fraction of sp³-hybridized carbons (Fsp3) is 0.538. The van der Waals surface area contributed by atoms with E-state index in [4.69, 9.17) is 0 Å². The number of hydrogen-bond donors (Lipinski definition) is 0. The van der Waals surface area contributed by atoms with Gasteiger partial charge >= 0.3 is 0 Å². The van der Waals surface area contributed by atoms with E-state index in [1.807, 2.05) is 0 Å². The highest BCUT2D eigenvalue weighted by atomic mass is 31.2. The van der Waals surface area contributed by atoms with Gasteiger partial charge in [-0.3, -0.25) is 0 Å². The van der Waals surface area contributed by atoms with Crippen LogP contribution in [0.15, 0.2) is 30.3 Å². The van der Waals surface area contributed by atoms with Crippen LogP contribution in [0.3, 0.4) is 0 Å². The van der Waals surface area contributed by atoms with Crippen LogP contribution in [0.25, 0.3) is 0 Å². The predicted octanol–water partition coefficient (Wildman–Crippen LogP) is 3.87. The van der Waals surface area contributed by atoms with Crippen molar-refractivity contribution < 1.29 is 0 Å². The molecule has 0 aliphatic carbocycles. The molecule has 0 aromatic heterocycles. The van der Waals surface area contributed by atoms with Gasteiger partial charge in [0.25, 0.3) is 0 Å². The van der Waals surface area contributed by atoms with Crippen LogP contribution in [0.4, 0.5) is 0 Å². The summed E-state index contributed by atoms with van der Waals surface area (Å²) in [4.78, 5) is 0. The first-order valence-electron chi connectivity index (χ1n) is 5.55. The van der Waals surface area contributed by atoms with Crippen LogP contribution in [0.2, 0.25) is 0 Å². The molecular weight excluding hydrogens is 187 g/mol. The zero-order valence-electron chi connectivity index (χ0n) is 9.24. The van der Waals surface area contributed by atoms with Crippen molar-refractivity contribution in [2.24, 2.45) is 5.92 Å². The van der Waals surface area contributed by atoms with E-state index in [9.17, 15) is 0 Å². The van der Waals surface area contributed by atoms with Crippen molar-refractivity contribution in [1.82, 2.24) is 0 Å². The molecular formula is C13H20P+. The van der Waals surface area contributed by atoms with Gasteiger partial charge in [0, 0.05) is 13.9 Å². The molecule has 1 unspecified atom stereocenters. The van der Waals surface area contributed by atoms with Crippen LogP contribution in [0.1, 0.15) is 18.9 Å². The van der Waals surface area contributed by atoms with Gasteiger partial charge in [0.05, 0.1) is 18.5 Å². The van der Waals surface area contributed by atoms with Crippen LogP contribution in [-0.4, -0.2) is 19.0 Å². The van der Waals surface area contributed by atoms with Crippen molar-refractivity contribution in [3.63, 3.8) is 0 Å². The summed E-state index contributed by atoms with van der Waals surface area (Å²) in [6.45, 7) is 4.97. The molecule has 2 atom stereocenters. The zero-order chi connectivity index (χ0) is 10.0. The van der Waals surface area contributed by atoms with Gasteiger partial charge in [0.15, 0.2) is 0 Å². The highest BCUT2D eigenvalue weighted by molar-refractivity contribution is 7.74. The molecule has 0 nitrogen and oxygen atoms in total. The molecule has 0 bridgehead atoms. The van der Waals surface area contributed by atoms with E-state index < -0.39 is 7.26 Å². The third kappa shape index (κ3) is 2.36. The maximum Gasteiger partial charge on any atom is 0.0840 e. The minimum atomic E-state index is -0.598. The summed E-state index contributed by atoms with van der Waals surface area (Å²) in [6.07, 6.45) is 5.88. The van der Waals surface area contributed by atoms with Crippen molar-refractivity contribution in [2.75, 3.05) is 19.0 Å². The van der Waals surface area contributed by atoms with E-state index in [1.165, 1.54) is 24.9 Å². The van der Waals surface area contributed by atoms with E-state index in [-0.39, 0.29) is 0 Å². The van der Waals surface area contributed by atoms with E-state index >= 15 is 0 Å². The SMILES string of the molecule is C[C@H]1CC[P+](C)(Cc2ccccc2)C1. The van der Waals surface area contributed by atoms with E-state index in [0.29, 0.717) is 0 Å². The van der Waals surface area contributed by atoms with Gasteiger partial charge in [-0.2, -0.15) is 0 Å². The Hall–Kier alpha value is -0.350. The molecule has 0 spiro atoms. The third-order valence-corrected chi connectivity index (χ3v) is 7.29. The molecule has 14 heavy (non-hydrogen) atoms. The summed E-state index contributed by atoms with van der Waals surface area (Å²) < 4.78 is 0. The van der Waals surface area contributed by atoms with Crippen LogP contribution < -0.4 is 0 Å². The molecule has 1 heterocycles. The number of benzene rings is 1. The lowest BCUT2D eigenvalue weighted by molar-refractivity contribution is 0.668. The van der Waals surface area contributed by atoms with Gasteiger partial charge in [-0.1, -0.05) is 37.3 Å². The Morgan fingerprint density at radius 3 is 2.57 bits per heavy atom. The largest absolute Gasteiger partial charge is 0.0840 e. The average Bonchev–Trinajstić information content (AvgIpc) is 2.47. The van der Waals surface area contributed by atoms with Crippen molar-refractivity contribution in [3.05, 3.63) is 35.9 Å². The second-order valence-corrected chi connectivity index (χ2v) is 9.43. The maximum absolute atomic E-state index is 2.56. The van der Waals surface area contributed by atoms with Crippen LogP contribution >= 0.6 is 7.26 Å². The molecule has 1 saturated heterocycles. The van der Waals surface area contributed by atoms with E-state index in [2.05, 4.69) is 43.9 Å². The van der Waals surface area contributed by atoms with Crippen molar-refractivity contribution >= 4 is 7.26 Å². The molecule has 2 rings (SSSR count). The lowest BCUT2D eigenvalue weighted by Gasteiger charge is -2.16. The van der Waals surface area contributed by atoms with Gasteiger partial charge in [-0.05, 0) is 17.9 Å². The summed E-state index contributed by atoms with van der Waals surface area (Å²) >= 11 is 0. The quantitative estimate of drug-likeness (QED) is 0.646. The Kier molecular flexibility index (Phi) is 2.93. The van der Waals surface area contributed by atoms with E-state index in [0.717, 1.165) is 5.92 Å². The standard InChI is InChI=1S/C13H20P/c1-12-8-9-14(2,10-12)11-13-6-4-3-5-7-13/h3-7,12H,8-11H2,1-2H3/q+1/t12-,14?/m0/s1. The zero-order valence-corrected chi connectivity index (χ0v) is 10.1. The van der Waals surface area contributed by atoms with Gasteiger partial charge in [-0.15, -0.1) is 0 Å². The molecule has 0 N–H and O–H groups in total. The summed E-state index contributed by atoms with van der Waals surface area (Å²) in [6, 6.07) is 11.0. The molecule has 1 aliphatic heterocycles. The molecule has 0 saturated carbocycles. The topological polar surface area (TPSA) is 0 Å². The van der Waals surface area contributed by atoms with Crippen LogP contribution in [0.5, 0.6) is 0 Å². The summed E-state index contributed by atoms with van der Waals surface area (Å²) in [7, 11) is -0.598. The minimum absolute atomic E-state index is 0.598. The highest BCUT2D eigenvalue weighted by Crippen LogP contribution is 2.64. The Morgan fingerprint density at radius 1 is 1.29 bits per heavy atom. The lowest BCUT2D eigenvalue weighted by atomic mass is 10.2. The molecule has 1 fully saturated rings. The first kappa shape index (κ1) is 10.2. The Labute approximate surface area is 88.1 Å². The van der Waals surface area contributed by atoms with Crippen molar-refractivity contribution in [2.45, 2.75) is 19.5 Å². The monoisotopic (exact) mass is 207 g/mol. The first-order valence-corrected chi connectivity index (χ1v) is 8.35. The average molecular weight is 207 g/mol. The second-order valence-electron chi connectivity index (χ2n) is 5.06. The molecule has 0 radical (unpaired) electrons. The fourth-order valence-corrected chi connectivity index (χ4v) is 6.95. The molecule has 0 amide bonds. The normalized spacial score (nSPS) is 32.0. The van der Waals surface area contributed by atoms with Crippen molar-refractivity contribution in [3.8, 4) is 0 Å². The summed E-state index contributed by atoms with van der Waals surface area (Å²) in [5, 5.41) is 0. The summed E-state index contributed by atoms with van der Waals surface area (Å²) in [5.41, 5.74) is 1.55. The summed E-state index contributed by atoms with van der Waals surface area (Å²) in [5.74, 6) is 0.983. The highest BCUT2D eigenvalue weighted by Gasteiger charge is 2.39. The molecule has 1 heteroatoms. The molecule has 1 aliphatic rings. The predicted molar refractivity (Wildman–Crippen MR) is 66.5 cm³/mol. The molecule has 1 aromatic carbocycles. The van der Waals surface area contributed by atoms with Gasteiger partial charge in [0.2, 0.25) is 0 Å². The number of hydrogen-bond acceptors (Lipinski definition) is 0. The second kappa shape index (κ2) is 4.03. The molecule has 76 valence electrons. The maximum atomic E-state index is 2.56. The Balaban J connectivity index is 2.04. The molecule has 1 aromatic rings. The van der Waals surface area contributed by atoms with Crippen LogP contribution in [-0.2, 0) is 6.16 Å². The lowest BCUT2D eigenvalue weighted by Crippen LogP contribution is -1.99. The number of rotatable bonds is 2. The van der Waals surface area contributed by atoms with Gasteiger partial charge in [0.1, 0.15) is 0 Å². The Morgan fingerprint density at radius 2 is 2.00 bits per heavy atom. The third-order valence-electron chi connectivity index (χ3n) is 3.32. The van der Waals surface area contributed by atoms with Gasteiger partial charge < -0.3 is 0 Å². The van der Waals surface area contributed by atoms with E-state index in [1.54, 1.807) is 5.56 Å². The smallest absolute Gasteiger partial charge is 0.0622 e. The Bertz CT molecular complexity index is 293. The fourth-order valence-electron chi connectivity index (χ4n) is 2.63. The van der Waals surface area contributed by atoms with Crippen LogP contribution in [0, 0.1) is 5.92 Å². The first-order chi connectivity index (χ1) is 6.68. The minimum Gasteiger partial charge on any atom is -0.0622 e.